The van der Waals surface area contributed by atoms with E-state index in [4.69, 9.17) is 10.5 Å². The Morgan fingerprint density at radius 3 is 2.50 bits per heavy atom. The fraction of sp³-hybridized carbons (Fsp3) is 0.524. The predicted molar refractivity (Wildman–Crippen MR) is 109 cm³/mol. The number of ether oxygens (including phenoxy) is 1. The van der Waals surface area contributed by atoms with E-state index in [9.17, 15) is 9.18 Å². The van der Waals surface area contributed by atoms with E-state index < -0.39 is 18.4 Å². The Bertz CT molecular complexity index is 728. The van der Waals surface area contributed by atoms with Crippen LogP contribution in [0.2, 0.25) is 0 Å². The molecule has 1 amide bonds. The second-order valence-corrected chi connectivity index (χ2v) is 7.83. The fourth-order valence-electron chi connectivity index (χ4n) is 3.00. The summed E-state index contributed by atoms with van der Waals surface area (Å²) in [5, 5.41) is 4.36. The molecule has 0 fully saturated rings. The van der Waals surface area contributed by atoms with E-state index in [1.807, 2.05) is 49.8 Å². The molecule has 0 saturated heterocycles. The van der Waals surface area contributed by atoms with Crippen LogP contribution in [0.5, 0.6) is 0 Å². The standard InChI is InChI=1S/C21H31FN4O2/c1-21(2,3)28-20(27)25(14-8-12-22)13-7-11-19(17-9-5-4-6-10-17)26-16-18(23)15-24-26/h4-6,9-10,15-16,19H,7-8,11-14,23H2,1-3H3. The van der Waals surface area contributed by atoms with Crippen molar-refractivity contribution < 1.29 is 13.9 Å². The topological polar surface area (TPSA) is 73.4 Å². The van der Waals surface area contributed by atoms with Crippen LogP contribution in [0.3, 0.4) is 0 Å². The van der Waals surface area contributed by atoms with Crippen LogP contribution in [-0.2, 0) is 4.74 Å². The van der Waals surface area contributed by atoms with Crippen molar-refractivity contribution in [1.29, 1.82) is 0 Å². The van der Waals surface area contributed by atoms with Crippen molar-refractivity contribution in [3.05, 3.63) is 48.3 Å². The smallest absolute Gasteiger partial charge is 0.410 e. The van der Waals surface area contributed by atoms with Crippen molar-refractivity contribution in [3.8, 4) is 0 Å². The van der Waals surface area contributed by atoms with Gasteiger partial charge in [0.1, 0.15) is 5.60 Å². The zero-order chi connectivity index (χ0) is 20.6. The third-order valence-electron chi connectivity index (χ3n) is 4.24. The molecule has 7 heteroatoms. The second-order valence-electron chi connectivity index (χ2n) is 7.83. The lowest BCUT2D eigenvalue weighted by Crippen LogP contribution is -2.38. The van der Waals surface area contributed by atoms with Crippen LogP contribution < -0.4 is 5.73 Å². The molecule has 154 valence electrons. The van der Waals surface area contributed by atoms with E-state index >= 15 is 0 Å². The molecular formula is C21H31FN4O2. The molecule has 0 aliphatic heterocycles. The number of nitrogens with two attached hydrogens (primary N) is 1. The summed E-state index contributed by atoms with van der Waals surface area (Å²) in [6, 6.07) is 10.1. The first-order chi connectivity index (χ1) is 13.3. The van der Waals surface area contributed by atoms with E-state index in [1.165, 1.54) is 0 Å². The minimum absolute atomic E-state index is 0.0140. The summed E-state index contributed by atoms with van der Waals surface area (Å²) >= 11 is 0. The molecule has 0 spiro atoms. The largest absolute Gasteiger partial charge is 0.444 e. The summed E-state index contributed by atoms with van der Waals surface area (Å²) in [4.78, 5) is 14.0. The van der Waals surface area contributed by atoms with Gasteiger partial charge in [-0.25, -0.2) is 4.79 Å². The lowest BCUT2D eigenvalue weighted by molar-refractivity contribution is 0.0241. The van der Waals surface area contributed by atoms with Crippen LogP contribution in [0, 0.1) is 0 Å². The predicted octanol–water partition coefficient (Wildman–Crippen LogP) is 4.43. The number of benzene rings is 1. The fourth-order valence-corrected chi connectivity index (χ4v) is 3.00. The van der Waals surface area contributed by atoms with Crippen molar-refractivity contribution >= 4 is 11.8 Å². The van der Waals surface area contributed by atoms with Crippen molar-refractivity contribution in [3.63, 3.8) is 0 Å². The number of nitrogen functional groups attached to an aromatic ring is 1. The van der Waals surface area contributed by atoms with Gasteiger partial charge in [0.15, 0.2) is 0 Å². The van der Waals surface area contributed by atoms with Crippen LogP contribution in [0.15, 0.2) is 42.7 Å². The maximum atomic E-state index is 12.6. The van der Waals surface area contributed by atoms with Gasteiger partial charge in [-0.1, -0.05) is 30.3 Å². The van der Waals surface area contributed by atoms with Crippen molar-refractivity contribution in [2.75, 3.05) is 25.5 Å². The quantitative estimate of drug-likeness (QED) is 0.687. The Labute approximate surface area is 166 Å². The Balaban J connectivity index is 2.04. The average Bonchev–Trinajstić information content (AvgIpc) is 3.06. The summed E-state index contributed by atoms with van der Waals surface area (Å²) in [5.74, 6) is 0. The van der Waals surface area contributed by atoms with Crippen LogP contribution in [0.25, 0.3) is 0 Å². The average molecular weight is 391 g/mol. The molecule has 2 aromatic rings. The number of carbonyl (C=O) groups is 1. The highest BCUT2D eigenvalue weighted by Gasteiger charge is 2.22. The molecule has 0 aliphatic rings. The van der Waals surface area contributed by atoms with Gasteiger partial charge in [-0.3, -0.25) is 9.07 Å². The van der Waals surface area contributed by atoms with E-state index in [-0.39, 0.29) is 6.04 Å². The van der Waals surface area contributed by atoms with Crippen LogP contribution in [0.1, 0.15) is 51.6 Å². The number of carbonyl (C=O) groups excluding carboxylic acids is 1. The Morgan fingerprint density at radius 2 is 1.93 bits per heavy atom. The summed E-state index contributed by atoms with van der Waals surface area (Å²) in [7, 11) is 0. The first kappa shape index (κ1) is 21.7. The lowest BCUT2D eigenvalue weighted by Gasteiger charge is -2.28. The van der Waals surface area contributed by atoms with Crippen molar-refractivity contribution in [2.24, 2.45) is 0 Å². The second kappa shape index (κ2) is 10.1. The van der Waals surface area contributed by atoms with E-state index in [1.54, 1.807) is 11.1 Å². The highest BCUT2D eigenvalue weighted by atomic mass is 19.1. The van der Waals surface area contributed by atoms with Crippen molar-refractivity contribution in [1.82, 2.24) is 14.7 Å². The molecule has 2 N–H and O–H groups in total. The van der Waals surface area contributed by atoms with E-state index in [0.717, 1.165) is 18.4 Å². The van der Waals surface area contributed by atoms with Gasteiger partial charge in [0.05, 0.1) is 24.6 Å². The molecule has 0 bridgehead atoms. The summed E-state index contributed by atoms with van der Waals surface area (Å²) in [5.41, 5.74) is 6.99. The van der Waals surface area contributed by atoms with Gasteiger partial charge in [-0.15, -0.1) is 0 Å². The van der Waals surface area contributed by atoms with E-state index in [2.05, 4.69) is 17.2 Å². The van der Waals surface area contributed by atoms with Crippen LogP contribution in [-0.4, -0.2) is 46.1 Å². The maximum Gasteiger partial charge on any atom is 0.410 e. The molecule has 1 aromatic heterocycles. The number of hydrogen-bond donors (Lipinski definition) is 1. The summed E-state index contributed by atoms with van der Waals surface area (Å²) < 4.78 is 20.0. The monoisotopic (exact) mass is 390 g/mol. The molecule has 0 radical (unpaired) electrons. The van der Waals surface area contributed by atoms with Gasteiger partial charge >= 0.3 is 6.09 Å². The molecule has 6 nitrogen and oxygen atoms in total. The zero-order valence-corrected chi connectivity index (χ0v) is 17.0. The first-order valence-corrected chi connectivity index (χ1v) is 9.68. The molecule has 1 heterocycles. The lowest BCUT2D eigenvalue weighted by atomic mass is 10.0. The number of rotatable bonds is 9. The van der Waals surface area contributed by atoms with Gasteiger partial charge in [0, 0.05) is 19.3 Å². The minimum Gasteiger partial charge on any atom is -0.444 e. The number of alkyl halides is 1. The Hall–Kier alpha value is -2.57. The normalized spacial score (nSPS) is 12.6. The third-order valence-corrected chi connectivity index (χ3v) is 4.24. The molecule has 0 aliphatic carbocycles. The van der Waals surface area contributed by atoms with Crippen molar-refractivity contribution in [2.45, 2.75) is 51.7 Å². The third kappa shape index (κ3) is 6.87. The number of nitrogens with zero attached hydrogens (tertiary/aromatic N) is 3. The van der Waals surface area contributed by atoms with Gasteiger partial charge < -0.3 is 15.4 Å². The summed E-state index contributed by atoms with van der Waals surface area (Å²) in [6.45, 7) is 5.85. The van der Waals surface area contributed by atoms with Gasteiger partial charge in [-0.05, 0) is 45.6 Å². The molecule has 1 atom stereocenters. The van der Waals surface area contributed by atoms with Gasteiger partial charge in [-0.2, -0.15) is 5.10 Å². The van der Waals surface area contributed by atoms with Gasteiger partial charge in [0.25, 0.3) is 0 Å². The van der Waals surface area contributed by atoms with Gasteiger partial charge in [0.2, 0.25) is 0 Å². The highest BCUT2D eigenvalue weighted by Crippen LogP contribution is 2.24. The molecular weight excluding hydrogens is 359 g/mol. The molecule has 0 saturated carbocycles. The number of anilines is 1. The maximum absolute atomic E-state index is 12.6. The number of hydrogen-bond acceptors (Lipinski definition) is 4. The molecule has 1 unspecified atom stereocenters. The SMILES string of the molecule is CC(C)(C)OC(=O)N(CCCF)CCCC(c1ccccc1)n1cc(N)cn1. The first-order valence-electron chi connectivity index (χ1n) is 9.68. The highest BCUT2D eigenvalue weighted by molar-refractivity contribution is 5.68. The number of aromatic nitrogens is 2. The summed E-state index contributed by atoms with van der Waals surface area (Å²) in [6.07, 6.45) is 4.83. The zero-order valence-electron chi connectivity index (χ0n) is 17.0. The number of halogens is 1. The Kier molecular flexibility index (Phi) is 7.84. The van der Waals surface area contributed by atoms with Crippen LogP contribution >= 0.6 is 0 Å². The molecule has 1 aromatic carbocycles. The minimum atomic E-state index is -0.579. The van der Waals surface area contributed by atoms with Crippen LogP contribution in [0.4, 0.5) is 14.9 Å². The Morgan fingerprint density at radius 1 is 1.25 bits per heavy atom. The number of amides is 1. The van der Waals surface area contributed by atoms with E-state index in [0.29, 0.717) is 25.2 Å². The molecule has 2 rings (SSSR count). The molecule has 28 heavy (non-hydrogen) atoms.